The van der Waals surface area contributed by atoms with Crippen molar-refractivity contribution < 1.29 is 0 Å². The highest BCUT2D eigenvalue weighted by molar-refractivity contribution is 6.32. The Bertz CT molecular complexity index is 601. The van der Waals surface area contributed by atoms with E-state index in [0.29, 0.717) is 0 Å². The molecule has 120 valence electrons. The van der Waals surface area contributed by atoms with E-state index >= 15 is 0 Å². The van der Waals surface area contributed by atoms with Crippen molar-refractivity contribution in [2.75, 3.05) is 6.54 Å². The standard InChI is InChI=1S/C20H28ClN/c1-14-7-8-17(18(21)11-14)20(9-10-20)16(3)22-13-15(2)12-19(4,5)6/h7-8,11H,2,9-10,12-13H2,1,3-6H3. The third-order valence-corrected chi connectivity index (χ3v) is 4.72. The van der Waals surface area contributed by atoms with Crippen LogP contribution >= 0.6 is 11.6 Å². The van der Waals surface area contributed by atoms with Gasteiger partial charge in [0.1, 0.15) is 0 Å². The van der Waals surface area contributed by atoms with Crippen molar-refractivity contribution >= 4 is 17.3 Å². The zero-order chi connectivity index (χ0) is 16.5. The van der Waals surface area contributed by atoms with Gasteiger partial charge in [0, 0.05) is 16.1 Å². The summed E-state index contributed by atoms with van der Waals surface area (Å²) in [5, 5.41) is 0.876. The Morgan fingerprint density at radius 3 is 2.45 bits per heavy atom. The van der Waals surface area contributed by atoms with E-state index in [4.69, 9.17) is 16.6 Å². The van der Waals surface area contributed by atoms with E-state index in [9.17, 15) is 0 Å². The second-order valence-electron chi connectivity index (χ2n) is 7.95. The molecule has 0 atom stereocenters. The van der Waals surface area contributed by atoms with Gasteiger partial charge in [0.2, 0.25) is 0 Å². The number of aliphatic imine (C=N–C) groups is 1. The zero-order valence-electron chi connectivity index (χ0n) is 14.6. The van der Waals surface area contributed by atoms with Crippen molar-refractivity contribution in [1.82, 2.24) is 0 Å². The summed E-state index contributed by atoms with van der Waals surface area (Å²) >= 11 is 6.48. The van der Waals surface area contributed by atoms with Gasteiger partial charge in [-0.25, -0.2) is 0 Å². The Hall–Kier alpha value is -1.08. The van der Waals surface area contributed by atoms with E-state index in [-0.39, 0.29) is 10.8 Å². The first-order valence-electron chi connectivity index (χ1n) is 8.09. The molecule has 1 nitrogen and oxygen atoms in total. The van der Waals surface area contributed by atoms with Crippen LogP contribution < -0.4 is 0 Å². The first-order valence-corrected chi connectivity index (χ1v) is 8.47. The number of hydrogen-bond donors (Lipinski definition) is 0. The molecular formula is C20H28ClN. The average Bonchev–Trinajstić information content (AvgIpc) is 3.15. The molecule has 1 aliphatic carbocycles. The van der Waals surface area contributed by atoms with Crippen molar-refractivity contribution in [3.63, 3.8) is 0 Å². The van der Waals surface area contributed by atoms with Crippen LogP contribution in [0.2, 0.25) is 5.02 Å². The molecule has 0 heterocycles. The lowest BCUT2D eigenvalue weighted by molar-refractivity contribution is 0.408. The molecule has 0 saturated heterocycles. The monoisotopic (exact) mass is 317 g/mol. The number of nitrogens with zero attached hydrogens (tertiary/aromatic N) is 1. The lowest BCUT2D eigenvalue weighted by Gasteiger charge is -2.20. The van der Waals surface area contributed by atoms with Crippen molar-refractivity contribution in [2.45, 2.75) is 59.3 Å². The van der Waals surface area contributed by atoms with Gasteiger partial charge in [0.25, 0.3) is 0 Å². The van der Waals surface area contributed by atoms with Gasteiger partial charge < -0.3 is 0 Å². The number of halogens is 1. The second kappa shape index (κ2) is 6.20. The topological polar surface area (TPSA) is 12.4 Å². The molecule has 1 saturated carbocycles. The van der Waals surface area contributed by atoms with Crippen LogP contribution in [0, 0.1) is 12.3 Å². The van der Waals surface area contributed by atoms with Crippen LogP contribution in [0.15, 0.2) is 35.3 Å². The van der Waals surface area contributed by atoms with Crippen LogP contribution in [-0.2, 0) is 5.41 Å². The third-order valence-electron chi connectivity index (χ3n) is 4.40. The fraction of sp³-hybridized carbons (Fsp3) is 0.550. The average molecular weight is 318 g/mol. The number of rotatable bonds is 5. The van der Waals surface area contributed by atoms with Crippen molar-refractivity contribution in [1.29, 1.82) is 0 Å². The van der Waals surface area contributed by atoms with Crippen molar-refractivity contribution in [2.24, 2.45) is 10.4 Å². The molecule has 0 spiro atoms. The summed E-state index contributed by atoms with van der Waals surface area (Å²) in [6.07, 6.45) is 3.32. The smallest absolute Gasteiger partial charge is 0.0596 e. The zero-order valence-corrected chi connectivity index (χ0v) is 15.3. The molecule has 1 aromatic rings. The van der Waals surface area contributed by atoms with Gasteiger partial charge in [-0.3, -0.25) is 4.99 Å². The van der Waals surface area contributed by atoms with Gasteiger partial charge in [-0.2, -0.15) is 0 Å². The molecule has 0 bridgehead atoms. The summed E-state index contributed by atoms with van der Waals surface area (Å²) in [4.78, 5) is 4.84. The van der Waals surface area contributed by atoms with Crippen LogP contribution in [-0.4, -0.2) is 12.3 Å². The first kappa shape index (κ1) is 17.3. The minimum Gasteiger partial charge on any atom is -0.289 e. The molecule has 0 radical (unpaired) electrons. The summed E-state index contributed by atoms with van der Waals surface area (Å²) < 4.78 is 0. The summed E-state index contributed by atoms with van der Waals surface area (Å²) in [6, 6.07) is 6.38. The van der Waals surface area contributed by atoms with Crippen LogP contribution in [0.5, 0.6) is 0 Å². The SMILES string of the molecule is C=C(CN=C(C)C1(c2ccc(C)cc2Cl)CC1)CC(C)(C)C. The summed E-state index contributed by atoms with van der Waals surface area (Å²) in [7, 11) is 0. The van der Waals surface area contributed by atoms with Gasteiger partial charge in [0.05, 0.1) is 6.54 Å². The summed E-state index contributed by atoms with van der Waals surface area (Å²) in [5.41, 5.74) is 5.20. The predicted molar refractivity (Wildman–Crippen MR) is 98.3 cm³/mol. The predicted octanol–water partition coefficient (Wildman–Crippen LogP) is 6.13. The third kappa shape index (κ3) is 4.01. The van der Waals surface area contributed by atoms with E-state index in [1.54, 1.807) is 0 Å². The largest absolute Gasteiger partial charge is 0.289 e. The quantitative estimate of drug-likeness (QED) is 0.457. The van der Waals surface area contributed by atoms with Crippen LogP contribution in [0.3, 0.4) is 0 Å². The summed E-state index contributed by atoms with van der Waals surface area (Å²) in [5.74, 6) is 0. The van der Waals surface area contributed by atoms with E-state index < -0.39 is 0 Å². The van der Waals surface area contributed by atoms with Gasteiger partial charge >= 0.3 is 0 Å². The molecule has 22 heavy (non-hydrogen) atoms. The molecule has 0 aliphatic heterocycles. The molecule has 1 aliphatic rings. The Balaban J connectivity index is 2.13. The number of aryl methyl sites for hydroxylation is 1. The van der Waals surface area contributed by atoms with E-state index in [1.807, 2.05) is 0 Å². The van der Waals surface area contributed by atoms with Gasteiger partial charge in [-0.15, -0.1) is 0 Å². The van der Waals surface area contributed by atoms with Crippen LogP contribution in [0.4, 0.5) is 0 Å². The highest BCUT2D eigenvalue weighted by Crippen LogP contribution is 2.51. The molecule has 0 aromatic heterocycles. The number of hydrogen-bond acceptors (Lipinski definition) is 1. The number of benzene rings is 1. The van der Waals surface area contributed by atoms with E-state index in [1.165, 1.54) is 22.4 Å². The minimum absolute atomic E-state index is 0.0762. The maximum absolute atomic E-state index is 6.48. The Labute approximate surface area is 140 Å². The van der Waals surface area contributed by atoms with Gasteiger partial charge in [0.15, 0.2) is 0 Å². The maximum atomic E-state index is 6.48. The molecule has 2 rings (SSSR count). The fourth-order valence-electron chi connectivity index (χ4n) is 3.15. The fourth-order valence-corrected chi connectivity index (χ4v) is 3.56. The van der Waals surface area contributed by atoms with Gasteiger partial charge in [-0.1, -0.05) is 56.7 Å². The summed E-state index contributed by atoms with van der Waals surface area (Å²) in [6.45, 7) is 15.9. The Kier molecular flexibility index (Phi) is 4.87. The molecule has 2 heteroatoms. The Morgan fingerprint density at radius 1 is 1.32 bits per heavy atom. The molecular weight excluding hydrogens is 290 g/mol. The van der Waals surface area contributed by atoms with Crippen LogP contribution in [0.25, 0.3) is 0 Å². The lowest BCUT2D eigenvalue weighted by Crippen LogP contribution is -2.19. The molecule has 0 amide bonds. The van der Waals surface area contributed by atoms with E-state index in [2.05, 4.69) is 59.4 Å². The normalized spacial score (nSPS) is 17.5. The highest BCUT2D eigenvalue weighted by Gasteiger charge is 2.48. The van der Waals surface area contributed by atoms with Crippen LogP contribution in [0.1, 0.15) is 58.1 Å². The second-order valence-corrected chi connectivity index (χ2v) is 8.36. The van der Waals surface area contributed by atoms with Gasteiger partial charge in [-0.05, 0) is 55.7 Å². The minimum atomic E-state index is 0.0762. The Morgan fingerprint density at radius 2 is 1.95 bits per heavy atom. The molecule has 0 N–H and O–H groups in total. The lowest BCUT2D eigenvalue weighted by atomic mass is 9.88. The molecule has 1 aromatic carbocycles. The first-order chi connectivity index (χ1) is 10.1. The maximum Gasteiger partial charge on any atom is 0.0596 e. The highest BCUT2D eigenvalue weighted by atomic mass is 35.5. The van der Waals surface area contributed by atoms with Crippen molar-refractivity contribution in [3.8, 4) is 0 Å². The molecule has 0 unspecified atom stereocenters. The van der Waals surface area contributed by atoms with E-state index in [0.717, 1.165) is 30.8 Å². The van der Waals surface area contributed by atoms with Crippen molar-refractivity contribution in [3.05, 3.63) is 46.5 Å². The molecule has 1 fully saturated rings.